The van der Waals surface area contributed by atoms with Crippen LogP contribution in [0.25, 0.3) is 0 Å². The van der Waals surface area contributed by atoms with Gasteiger partial charge < -0.3 is 14.7 Å². The van der Waals surface area contributed by atoms with Gasteiger partial charge in [-0.1, -0.05) is 6.92 Å². The van der Waals surface area contributed by atoms with Crippen molar-refractivity contribution in [1.82, 2.24) is 4.90 Å². The zero-order valence-corrected chi connectivity index (χ0v) is 12.4. The monoisotopic (exact) mass is 283 g/mol. The number of nitrogens with zero attached hydrogens (tertiary/aromatic N) is 1. The van der Waals surface area contributed by atoms with Crippen molar-refractivity contribution in [3.8, 4) is 0 Å². The van der Waals surface area contributed by atoms with Crippen LogP contribution in [0.15, 0.2) is 0 Å². The fourth-order valence-corrected chi connectivity index (χ4v) is 3.38. The largest absolute Gasteiger partial charge is 0.481 e. The number of carboxylic acid groups (broad SMARTS) is 1. The molecule has 1 aliphatic heterocycles. The van der Waals surface area contributed by atoms with Gasteiger partial charge >= 0.3 is 5.97 Å². The Morgan fingerprint density at radius 2 is 1.85 bits per heavy atom. The SMILES string of the molecule is CCN(C(=O)C1CCC(C)CC1)C1COCC1C(=O)O. The molecule has 1 saturated carbocycles. The smallest absolute Gasteiger partial charge is 0.311 e. The highest BCUT2D eigenvalue weighted by atomic mass is 16.5. The molecular formula is C15H25NO4. The normalized spacial score (nSPS) is 33.9. The van der Waals surface area contributed by atoms with Crippen LogP contribution in [0.3, 0.4) is 0 Å². The van der Waals surface area contributed by atoms with Crippen molar-refractivity contribution < 1.29 is 19.4 Å². The zero-order chi connectivity index (χ0) is 14.7. The molecule has 1 heterocycles. The summed E-state index contributed by atoms with van der Waals surface area (Å²) in [5.41, 5.74) is 0. The minimum absolute atomic E-state index is 0.0706. The topological polar surface area (TPSA) is 66.8 Å². The highest BCUT2D eigenvalue weighted by molar-refractivity contribution is 5.80. The van der Waals surface area contributed by atoms with E-state index < -0.39 is 11.9 Å². The van der Waals surface area contributed by atoms with Gasteiger partial charge in [0.25, 0.3) is 0 Å². The van der Waals surface area contributed by atoms with E-state index in [2.05, 4.69) is 6.92 Å². The van der Waals surface area contributed by atoms with Gasteiger partial charge in [0.2, 0.25) is 5.91 Å². The lowest BCUT2D eigenvalue weighted by molar-refractivity contribution is -0.146. The first-order valence-corrected chi connectivity index (χ1v) is 7.65. The minimum atomic E-state index is -0.865. The van der Waals surface area contributed by atoms with Crippen LogP contribution >= 0.6 is 0 Å². The molecule has 114 valence electrons. The van der Waals surface area contributed by atoms with Crippen LogP contribution in [0.2, 0.25) is 0 Å². The zero-order valence-electron chi connectivity index (χ0n) is 12.4. The molecule has 1 saturated heterocycles. The first kappa shape index (κ1) is 15.3. The van der Waals surface area contributed by atoms with E-state index in [0.29, 0.717) is 19.1 Å². The number of carboxylic acids is 1. The standard InChI is InChI=1S/C15H25NO4/c1-3-16(13-9-20-8-12(13)15(18)19)14(17)11-6-4-10(2)5-7-11/h10-13H,3-9H2,1-2H3,(H,18,19). The first-order valence-electron chi connectivity index (χ1n) is 7.65. The van der Waals surface area contributed by atoms with Crippen LogP contribution in [-0.2, 0) is 14.3 Å². The fourth-order valence-electron chi connectivity index (χ4n) is 3.38. The van der Waals surface area contributed by atoms with Gasteiger partial charge in [0.1, 0.15) is 5.92 Å². The number of hydrogen-bond acceptors (Lipinski definition) is 3. The summed E-state index contributed by atoms with van der Waals surface area (Å²) in [6.45, 7) is 5.26. The van der Waals surface area contributed by atoms with Crippen LogP contribution < -0.4 is 0 Å². The van der Waals surface area contributed by atoms with E-state index in [9.17, 15) is 14.7 Å². The number of hydrogen-bond donors (Lipinski definition) is 1. The Labute approximate surface area is 120 Å². The van der Waals surface area contributed by atoms with Crippen LogP contribution in [-0.4, -0.2) is 47.7 Å². The van der Waals surface area contributed by atoms with E-state index in [4.69, 9.17) is 4.74 Å². The Balaban J connectivity index is 2.03. The molecule has 1 amide bonds. The number of carbonyl (C=O) groups excluding carboxylic acids is 1. The van der Waals surface area contributed by atoms with Crippen molar-refractivity contribution in [2.45, 2.75) is 45.6 Å². The van der Waals surface area contributed by atoms with Crippen LogP contribution in [0.1, 0.15) is 39.5 Å². The Morgan fingerprint density at radius 1 is 1.20 bits per heavy atom. The van der Waals surface area contributed by atoms with Crippen LogP contribution in [0.5, 0.6) is 0 Å². The number of carbonyl (C=O) groups is 2. The summed E-state index contributed by atoms with van der Waals surface area (Å²) in [6.07, 6.45) is 4.05. The summed E-state index contributed by atoms with van der Waals surface area (Å²) < 4.78 is 5.29. The van der Waals surface area contributed by atoms with E-state index in [1.54, 1.807) is 4.90 Å². The van der Waals surface area contributed by atoms with E-state index in [-0.39, 0.29) is 24.5 Å². The van der Waals surface area contributed by atoms with Gasteiger partial charge in [0.15, 0.2) is 0 Å². The van der Waals surface area contributed by atoms with E-state index in [0.717, 1.165) is 25.7 Å². The molecule has 2 atom stereocenters. The number of amides is 1. The first-order chi connectivity index (χ1) is 9.54. The number of aliphatic carboxylic acids is 1. The second-order valence-electron chi connectivity index (χ2n) is 6.13. The molecular weight excluding hydrogens is 258 g/mol. The molecule has 2 fully saturated rings. The summed E-state index contributed by atoms with van der Waals surface area (Å²) in [6, 6.07) is -0.302. The highest BCUT2D eigenvalue weighted by Crippen LogP contribution is 2.31. The molecule has 1 N–H and O–H groups in total. The molecule has 0 bridgehead atoms. The van der Waals surface area contributed by atoms with Crippen LogP contribution in [0, 0.1) is 17.8 Å². The molecule has 0 radical (unpaired) electrons. The van der Waals surface area contributed by atoms with Crippen LogP contribution in [0.4, 0.5) is 0 Å². The molecule has 2 unspecified atom stereocenters. The molecule has 0 aromatic heterocycles. The molecule has 5 heteroatoms. The molecule has 1 aliphatic carbocycles. The summed E-state index contributed by atoms with van der Waals surface area (Å²) in [7, 11) is 0. The second kappa shape index (κ2) is 6.57. The third kappa shape index (κ3) is 3.14. The molecule has 5 nitrogen and oxygen atoms in total. The third-order valence-electron chi connectivity index (χ3n) is 4.76. The maximum Gasteiger partial charge on any atom is 0.311 e. The second-order valence-corrected chi connectivity index (χ2v) is 6.13. The third-order valence-corrected chi connectivity index (χ3v) is 4.76. The molecule has 2 aliphatic rings. The lowest BCUT2D eigenvalue weighted by atomic mass is 9.82. The van der Waals surface area contributed by atoms with Gasteiger partial charge in [0, 0.05) is 12.5 Å². The Bertz CT molecular complexity index is 363. The van der Waals surface area contributed by atoms with Gasteiger partial charge in [-0.05, 0) is 38.5 Å². The lowest BCUT2D eigenvalue weighted by Gasteiger charge is -2.34. The van der Waals surface area contributed by atoms with Crippen molar-refractivity contribution in [3.05, 3.63) is 0 Å². The Morgan fingerprint density at radius 3 is 2.40 bits per heavy atom. The summed E-state index contributed by atoms with van der Waals surface area (Å²) >= 11 is 0. The fraction of sp³-hybridized carbons (Fsp3) is 0.867. The molecule has 2 rings (SSSR count). The van der Waals surface area contributed by atoms with Crippen molar-refractivity contribution in [2.75, 3.05) is 19.8 Å². The van der Waals surface area contributed by atoms with Crippen molar-refractivity contribution in [1.29, 1.82) is 0 Å². The van der Waals surface area contributed by atoms with Gasteiger partial charge in [-0.3, -0.25) is 9.59 Å². The Kier molecular flexibility index (Phi) is 5.02. The summed E-state index contributed by atoms with van der Waals surface area (Å²) in [5.74, 6) is -0.546. The van der Waals surface area contributed by atoms with Crippen molar-refractivity contribution in [2.24, 2.45) is 17.8 Å². The summed E-state index contributed by atoms with van der Waals surface area (Å²) in [5, 5.41) is 9.24. The van der Waals surface area contributed by atoms with Crippen molar-refractivity contribution >= 4 is 11.9 Å². The maximum absolute atomic E-state index is 12.7. The van der Waals surface area contributed by atoms with E-state index in [1.165, 1.54) is 0 Å². The molecule has 20 heavy (non-hydrogen) atoms. The van der Waals surface area contributed by atoms with Gasteiger partial charge in [-0.15, -0.1) is 0 Å². The van der Waals surface area contributed by atoms with E-state index >= 15 is 0 Å². The molecule has 0 aromatic carbocycles. The van der Waals surface area contributed by atoms with E-state index in [1.807, 2.05) is 6.92 Å². The average molecular weight is 283 g/mol. The highest BCUT2D eigenvalue weighted by Gasteiger charge is 2.41. The Hall–Kier alpha value is -1.10. The maximum atomic E-state index is 12.7. The van der Waals surface area contributed by atoms with Gasteiger partial charge in [0.05, 0.1) is 19.3 Å². The summed E-state index contributed by atoms with van der Waals surface area (Å²) in [4.78, 5) is 25.7. The number of rotatable bonds is 4. The van der Waals surface area contributed by atoms with Gasteiger partial charge in [-0.2, -0.15) is 0 Å². The predicted octanol–water partition coefficient (Wildman–Crippen LogP) is 1.76. The lowest BCUT2D eigenvalue weighted by Crippen LogP contribution is -2.49. The quantitative estimate of drug-likeness (QED) is 0.853. The van der Waals surface area contributed by atoms with Gasteiger partial charge in [-0.25, -0.2) is 0 Å². The number of likely N-dealkylation sites (N-methyl/N-ethyl adjacent to an activating group) is 1. The minimum Gasteiger partial charge on any atom is -0.481 e. The molecule has 0 spiro atoms. The number of ether oxygens (including phenoxy) is 1. The van der Waals surface area contributed by atoms with Crippen molar-refractivity contribution in [3.63, 3.8) is 0 Å². The average Bonchev–Trinajstić information content (AvgIpc) is 2.89. The predicted molar refractivity (Wildman–Crippen MR) is 74.2 cm³/mol. The molecule has 0 aromatic rings.